The minimum absolute atomic E-state index is 1.22. The van der Waals surface area contributed by atoms with E-state index in [2.05, 4.69) is 61.5 Å². The standard InChI is InChI=1S/C34H46/c1-2-3-4-5-6-7-8-9-10-11-12-13-14-15-16-17-19-28-26-31-24-22-29-20-18-21-30-23-25-32(27-28)34(31)33(29)30/h18,20-27H,2-17,19H2,1H3. The van der Waals surface area contributed by atoms with E-state index in [4.69, 9.17) is 0 Å². The van der Waals surface area contributed by atoms with Gasteiger partial charge < -0.3 is 0 Å². The molecule has 0 nitrogen and oxygen atoms in total. The summed E-state index contributed by atoms with van der Waals surface area (Å²) in [6, 6.07) is 20.8. The molecule has 0 amide bonds. The van der Waals surface area contributed by atoms with Gasteiger partial charge in [0.05, 0.1) is 0 Å². The molecule has 0 radical (unpaired) electrons. The van der Waals surface area contributed by atoms with Crippen LogP contribution in [0, 0.1) is 0 Å². The molecular weight excluding hydrogens is 408 g/mol. The third kappa shape index (κ3) is 6.97. The van der Waals surface area contributed by atoms with Crippen molar-refractivity contribution in [2.45, 2.75) is 116 Å². The van der Waals surface area contributed by atoms with E-state index in [9.17, 15) is 0 Å². The first kappa shape index (κ1) is 25.0. The monoisotopic (exact) mass is 454 g/mol. The van der Waals surface area contributed by atoms with Gasteiger partial charge in [0, 0.05) is 0 Å². The van der Waals surface area contributed by atoms with Gasteiger partial charge in [-0.25, -0.2) is 0 Å². The first-order valence-corrected chi connectivity index (χ1v) is 14.5. The summed E-state index contributed by atoms with van der Waals surface area (Å²) in [6.45, 7) is 2.30. The van der Waals surface area contributed by atoms with Gasteiger partial charge in [-0.2, -0.15) is 0 Å². The molecule has 0 heterocycles. The Morgan fingerprint density at radius 2 is 0.794 bits per heavy atom. The maximum absolute atomic E-state index is 2.44. The first-order valence-electron chi connectivity index (χ1n) is 14.5. The number of rotatable bonds is 17. The average Bonchev–Trinajstić information content (AvgIpc) is 2.87. The largest absolute Gasteiger partial charge is 0.0654 e. The minimum atomic E-state index is 1.22. The van der Waals surface area contributed by atoms with Gasteiger partial charge in [0.2, 0.25) is 0 Å². The molecule has 34 heavy (non-hydrogen) atoms. The van der Waals surface area contributed by atoms with Crippen molar-refractivity contribution in [3.05, 3.63) is 60.2 Å². The molecular formula is C34H46. The summed E-state index contributed by atoms with van der Waals surface area (Å²) in [5.41, 5.74) is 1.51. The molecule has 182 valence electrons. The highest BCUT2D eigenvalue weighted by atomic mass is 14.1. The topological polar surface area (TPSA) is 0 Å². The fourth-order valence-electron chi connectivity index (χ4n) is 5.84. The second-order valence-electron chi connectivity index (χ2n) is 10.7. The normalized spacial score (nSPS) is 11.9. The minimum Gasteiger partial charge on any atom is -0.0654 e. The van der Waals surface area contributed by atoms with Crippen LogP contribution in [0.5, 0.6) is 0 Å². The third-order valence-electron chi connectivity index (χ3n) is 7.84. The number of unbranched alkanes of at least 4 members (excludes halogenated alkanes) is 15. The summed E-state index contributed by atoms with van der Waals surface area (Å²) in [4.78, 5) is 0. The molecule has 4 rings (SSSR count). The molecule has 0 heteroatoms. The molecule has 0 atom stereocenters. The molecule has 0 fully saturated rings. The van der Waals surface area contributed by atoms with Crippen molar-refractivity contribution in [3.8, 4) is 0 Å². The van der Waals surface area contributed by atoms with Gasteiger partial charge in [0.25, 0.3) is 0 Å². The predicted molar refractivity (Wildman–Crippen MR) is 153 cm³/mol. The van der Waals surface area contributed by atoms with Crippen LogP contribution in [0.15, 0.2) is 54.6 Å². The van der Waals surface area contributed by atoms with E-state index in [1.807, 2.05) is 0 Å². The molecule has 0 aromatic heterocycles. The van der Waals surface area contributed by atoms with Crippen molar-refractivity contribution < 1.29 is 0 Å². The summed E-state index contributed by atoms with van der Waals surface area (Å²) in [5.74, 6) is 0. The van der Waals surface area contributed by atoms with E-state index in [0.29, 0.717) is 0 Å². The lowest BCUT2D eigenvalue weighted by Crippen LogP contribution is -1.90. The van der Waals surface area contributed by atoms with Crippen LogP contribution in [0.4, 0.5) is 0 Å². The lowest BCUT2D eigenvalue weighted by molar-refractivity contribution is 0.529. The molecule has 0 aliphatic rings. The summed E-state index contributed by atoms with van der Waals surface area (Å²) in [7, 11) is 0. The van der Waals surface area contributed by atoms with E-state index in [-0.39, 0.29) is 0 Å². The SMILES string of the molecule is CCCCCCCCCCCCCCCCCCc1cc2ccc3cccc4ccc(c1)c2c34. The van der Waals surface area contributed by atoms with Crippen molar-refractivity contribution >= 4 is 32.3 Å². The van der Waals surface area contributed by atoms with Crippen LogP contribution in [0.25, 0.3) is 32.3 Å². The van der Waals surface area contributed by atoms with Crippen molar-refractivity contribution in [1.82, 2.24) is 0 Å². The molecule has 0 aliphatic heterocycles. The maximum atomic E-state index is 2.44. The Labute approximate surface area is 208 Å². The number of hydrogen-bond acceptors (Lipinski definition) is 0. The summed E-state index contributed by atoms with van der Waals surface area (Å²) >= 11 is 0. The predicted octanol–water partition coefficient (Wildman–Crippen LogP) is 11.4. The van der Waals surface area contributed by atoms with Crippen LogP contribution in [0.3, 0.4) is 0 Å². The fourth-order valence-corrected chi connectivity index (χ4v) is 5.84. The molecule has 0 saturated carbocycles. The lowest BCUT2D eigenvalue weighted by Gasteiger charge is -2.12. The molecule has 0 N–H and O–H groups in total. The second-order valence-corrected chi connectivity index (χ2v) is 10.7. The van der Waals surface area contributed by atoms with Crippen molar-refractivity contribution in [2.24, 2.45) is 0 Å². The van der Waals surface area contributed by atoms with E-state index >= 15 is 0 Å². The first-order chi connectivity index (χ1) is 16.9. The number of hydrogen-bond donors (Lipinski definition) is 0. The zero-order valence-corrected chi connectivity index (χ0v) is 21.7. The quantitative estimate of drug-likeness (QED) is 0.110. The van der Waals surface area contributed by atoms with Gasteiger partial charge in [-0.1, -0.05) is 158 Å². The Morgan fingerprint density at radius 1 is 0.412 bits per heavy atom. The van der Waals surface area contributed by atoms with Crippen LogP contribution in [-0.2, 0) is 6.42 Å². The van der Waals surface area contributed by atoms with Gasteiger partial charge in [0.1, 0.15) is 0 Å². The maximum Gasteiger partial charge on any atom is -0.00266 e. The van der Waals surface area contributed by atoms with Gasteiger partial charge in [0.15, 0.2) is 0 Å². The van der Waals surface area contributed by atoms with Crippen LogP contribution in [0.2, 0.25) is 0 Å². The Kier molecular flexibility index (Phi) is 10.1. The number of benzene rings is 4. The van der Waals surface area contributed by atoms with Crippen LogP contribution in [-0.4, -0.2) is 0 Å². The van der Waals surface area contributed by atoms with E-state index in [0.717, 1.165) is 0 Å². The third-order valence-corrected chi connectivity index (χ3v) is 7.84. The Bertz CT molecular complexity index is 1040. The van der Waals surface area contributed by atoms with Crippen LogP contribution in [0.1, 0.15) is 115 Å². The summed E-state index contributed by atoms with van der Waals surface area (Å²) in [5, 5.41) is 8.43. The molecule has 0 spiro atoms. The zero-order chi connectivity index (χ0) is 23.4. The van der Waals surface area contributed by atoms with Gasteiger partial charge >= 0.3 is 0 Å². The Balaban J connectivity index is 1.08. The van der Waals surface area contributed by atoms with Crippen LogP contribution >= 0.6 is 0 Å². The molecule has 4 aromatic carbocycles. The number of aryl methyl sites for hydroxylation is 1. The van der Waals surface area contributed by atoms with Gasteiger partial charge in [-0.15, -0.1) is 0 Å². The molecule has 4 aromatic rings. The summed E-state index contributed by atoms with van der Waals surface area (Å²) in [6.07, 6.45) is 24.2. The smallest absolute Gasteiger partial charge is 0.00266 e. The van der Waals surface area contributed by atoms with Crippen LogP contribution < -0.4 is 0 Å². The van der Waals surface area contributed by atoms with Crippen molar-refractivity contribution in [3.63, 3.8) is 0 Å². The molecule has 0 saturated heterocycles. The average molecular weight is 455 g/mol. The van der Waals surface area contributed by atoms with E-state index < -0.39 is 0 Å². The van der Waals surface area contributed by atoms with E-state index in [1.54, 1.807) is 0 Å². The second kappa shape index (κ2) is 13.7. The Hall–Kier alpha value is -2.08. The zero-order valence-electron chi connectivity index (χ0n) is 21.7. The molecule has 0 aliphatic carbocycles. The van der Waals surface area contributed by atoms with Gasteiger partial charge in [-0.05, 0) is 50.7 Å². The van der Waals surface area contributed by atoms with Crippen molar-refractivity contribution in [2.75, 3.05) is 0 Å². The Morgan fingerprint density at radius 3 is 1.26 bits per heavy atom. The van der Waals surface area contributed by atoms with Crippen molar-refractivity contribution in [1.29, 1.82) is 0 Å². The fraction of sp³-hybridized carbons (Fsp3) is 0.529. The van der Waals surface area contributed by atoms with E-state index in [1.165, 1.54) is 147 Å². The van der Waals surface area contributed by atoms with Gasteiger partial charge in [-0.3, -0.25) is 0 Å². The molecule has 0 unspecified atom stereocenters. The highest BCUT2D eigenvalue weighted by molar-refractivity contribution is 6.23. The highest BCUT2D eigenvalue weighted by Gasteiger charge is 2.09. The summed E-state index contributed by atoms with van der Waals surface area (Å²) < 4.78 is 0. The lowest BCUT2D eigenvalue weighted by atomic mass is 9.92. The highest BCUT2D eigenvalue weighted by Crippen LogP contribution is 2.35. The molecule has 0 bridgehead atoms.